The standard InChI is InChI=1S/C8H7NO6S/c10-4-3-5-1-2-6(16(13,14)15)9-7(5)8(11)12/h1-2,4H,3H2,(H,11,12)(H,13,14,15). The van der Waals surface area contributed by atoms with Crippen molar-refractivity contribution in [1.82, 2.24) is 4.98 Å². The van der Waals surface area contributed by atoms with Gasteiger partial charge in [0, 0.05) is 6.42 Å². The number of aldehydes is 1. The monoisotopic (exact) mass is 245 g/mol. The summed E-state index contributed by atoms with van der Waals surface area (Å²) in [6, 6.07) is 2.05. The smallest absolute Gasteiger partial charge is 0.354 e. The second-order valence-corrected chi connectivity index (χ2v) is 4.18. The van der Waals surface area contributed by atoms with Gasteiger partial charge in [0.25, 0.3) is 0 Å². The van der Waals surface area contributed by atoms with Crippen molar-refractivity contribution in [3.63, 3.8) is 0 Å². The van der Waals surface area contributed by atoms with Gasteiger partial charge in [-0.25, -0.2) is 9.78 Å². The van der Waals surface area contributed by atoms with Crippen LogP contribution in [0.15, 0.2) is 17.2 Å². The molecule has 2 N–H and O–H groups in total. The predicted molar refractivity (Wildman–Crippen MR) is 50.8 cm³/mol. The van der Waals surface area contributed by atoms with E-state index in [1.165, 1.54) is 0 Å². The number of aromatic carboxylic acids is 1. The fourth-order valence-electron chi connectivity index (χ4n) is 1.05. The van der Waals surface area contributed by atoms with Crippen molar-refractivity contribution in [1.29, 1.82) is 0 Å². The molecule has 0 aliphatic rings. The van der Waals surface area contributed by atoms with Gasteiger partial charge in [0.2, 0.25) is 0 Å². The first kappa shape index (κ1) is 12.3. The van der Waals surface area contributed by atoms with Gasteiger partial charge in [-0.2, -0.15) is 8.42 Å². The Morgan fingerprint density at radius 2 is 2.06 bits per heavy atom. The van der Waals surface area contributed by atoms with Crippen LogP contribution in [0.2, 0.25) is 0 Å². The van der Waals surface area contributed by atoms with E-state index in [9.17, 15) is 18.0 Å². The zero-order valence-electron chi connectivity index (χ0n) is 7.82. The maximum Gasteiger partial charge on any atom is 0.354 e. The van der Waals surface area contributed by atoms with E-state index < -0.39 is 26.8 Å². The van der Waals surface area contributed by atoms with Crippen molar-refractivity contribution in [2.75, 3.05) is 0 Å². The first-order chi connectivity index (χ1) is 7.36. The molecule has 0 atom stereocenters. The van der Waals surface area contributed by atoms with Gasteiger partial charge >= 0.3 is 16.1 Å². The van der Waals surface area contributed by atoms with Gasteiger partial charge in [0.05, 0.1) is 0 Å². The molecule has 1 rings (SSSR count). The molecule has 86 valence electrons. The fourth-order valence-corrected chi connectivity index (χ4v) is 1.50. The van der Waals surface area contributed by atoms with E-state index in [2.05, 4.69) is 4.98 Å². The highest BCUT2D eigenvalue weighted by Gasteiger charge is 2.18. The molecule has 0 bridgehead atoms. The van der Waals surface area contributed by atoms with E-state index >= 15 is 0 Å². The van der Waals surface area contributed by atoms with Crippen LogP contribution in [0.3, 0.4) is 0 Å². The summed E-state index contributed by atoms with van der Waals surface area (Å²) in [7, 11) is -4.55. The van der Waals surface area contributed by atoms with Crippen molar-refractivity contribution in [2.24, 2.45) is 0 Å². The van der Waals surface area contributed by atoms with E-state index in [0.717, 1.165) is 12.1 Å². The predicted octanol–water partition coefficient (Wildman–Crippen LogP) is -0.232. The van der Waals surface area contributed by atoms with Crippen LogP contribution in [-0.2, 0) is 21.3 Å². The zero-order valence-corrected chi connectivity index (χ0v) is 8.64. The molecular weight excluding hydrogens is 238 g/mol. The summed E-state index contributed by atoms with van der Waals surface area (Å²) in [5, 5.41) is 7.96. The normalized spacial score (nSPS) is 11.1. The quantitative estimate of drug-likeness (QED) is 0.554. The van der Waals surface area contributed by atoms with Crippen molar-refractivity contribution >= 4 is 22.4 Å². The highest BCUT2D eigenvalue weighted by Crippen LogP contribution is 2.12. The molecule has 0 radical (unpaired) electrons. The number of hydrogen-bond acceptors (Lipinski definition) is 5. The fraction of sp³-hybridized carbons (Fsp3) is 0.125. The van der Waals surface area contributed by atoms with Gasteiger partial charge in [-0.3, -0.25) is 4.55 Å². The molecular formula is C8H7NO6S. The number of nitrogens with zero attached hydrogens (tertiary/aromatic N) is 1. The Kier molecular flexibility index (Phi) is 3.35. The molecule has 0 aromatic carbocycles. The molecule has 0 spiro atoms. The van der Waals surface area contributed by atoms with Crippen molar-refractivity contribution < 1.29 is 27.7 Å². The third-order valence-electron chi connectivity index (χ3n) is 1.72. The summed E-state index contributed by atoms with van der Waals surface area (Å²) in [6.45, 7) is 0. The second kappa shape index (κ2) is 4.37. The third-order valence-corrected chi connectivity index (χ3v) is 2.48. The van der Waals surface area contributed by atoms with Crippen molar-refractivity contribution in [2.45, 2.75) is 11.4 Å². The molecule has 1 heterocycles. The Bertz CT molecular complexity index is 535. The highest BCUT2D eigenvalue weighted by molar-refractivity contribution is 7.85. The average molecular weight is 245 g/mol. The van der Waals surface area contributed by atoms with Crippen molar-refractivity contribution in [3.8, 4) is 0 Å². The number of carboxylic acid groups (broad SMARTS) is 1. The van der Waals surface area contributed by atoms with E-state index in [0.29, 0.717) is 6.29 Å². The number of hydrogen-bond donors (Lipinski definition) is 2. The molecule has 0 aliphatic heterocycles. The molecule has 0 fully saturated rings. The molecule has 0 saturated heterocycles. The number of carbonyl (C=O) groups excluding carboxylic acids is 1. The molecule has 8 heteroatoms. The summed E-state index contributed by atoms with van der Waals surface area (Å²) < 4.78 is 30.1. The molecule has 0 aliphatic carbocycles. The maximum absolute atomic E-state index is 10.7. The van der Waals surface area contributed by atoms with Crippen LogP contribution < -0.4 is 0 Å². The van der Waals surface area contributed by atoms with Gasteiger partial charge in [0.1, 0.15) is 6.29 Å². The lowest BCUT2D eigenvalue weighted by atomic mass is 10.1. The first-order valence-corrected chi connectivity index (χ1v) is 5.44. The van der Waals surface area contributed by atoms with E-state index in [1.807, 2.05) is 0 Å². The topological polar surface area (TPSA) is 122 Å². The van der Waals surface area contributed by atoms with Gasteiger partial charge < -0.3 is 9.90 Å². The Morgan fingerprint density at radius 3 is 2.50 bits per heavy atom. The van der Waals surface area contributed by atoms with Crippen LogP contribution in [0.4, 0.5) is 0 Å². The van der Waals surface area contributed by atoms with Gasteiger partial charge in [-0.15, -0.1) is 0 Å². The SMILES string of the molecule is O=CCc1ccc(S(=O)(=O)O)nc1C(=O)O. The minimum Gasteiger partial charge on any atom is -0.477 e. The zero-order chi connectivity index (χ0) is 12.3. The lowest BCUT2D eigenvalue weighted by molar-refractivity contribution is -0.107. The largest absolute Gasteiger partial charge is 0.477 e. The van der Waals surface area contributed by atoms with Gasteiger partial charge in [-0.1, -0.05) is 6.07 Å². The maximum atomic E-state index is 10.7. The number of pyridine rings is 1. The number of rotatable bonds is 4. The molecule has 0 saturated carbocycles. The number of carboxylic acids is 1. The molecule has 16 heavy (non-hydrogen) atoms. The summed E-state index contributed by atoms with van der Waals surface area (Å²) in [5.74, 6) is -1.47. The molecule has 1 aromatic rings. The molecule has 0 unspecified atom stereocenters. The minimum atomic E-state index is -4.55. The summed E-state index contributed by atoms with van der Waals surface area (Å²) >= 11 is 0. The Balaban J connectivity index is 3.39. The van der Waals surface area contributed by atoms with Crippen LogP contribution in [0.25, 0.3) is 0 Å². The van der Waals surface area contributed by atoms with Crippen LogP contribution >= 0.6 is 0 Å². The van der Waals surface area contributed by atoms with Gasteiger partial charge in [-0.05, 0) is 11.6 Å². The number of carbonyl (C=O) groups is 2. The highest BCUT2D eigenvalue weighted by atomic mass is 32.2. The Hall–Kier alpha value is -1.80. The van der Waals surface area contributed by atoms with Crippen LogP contribution in [0, 0.1) is 0 Å². The summed E-state index contributed by atoms with van der Waals surface area (Å²) in [4.78, 5) is 24.2. The lowest BCUT2D eigenvalue weighted by Crippen LogP contribution is -2.11. The first-order valence-electron chi connectivity index (χ1n) is 4.00. The van der Waals surface area contributed by atoms with E-state index in [4.69, 9.17) is 9.66 Å². The van der Waals surface area contributed by atoms with Gasteiger partial charge in [0.15, 0.2) is 10.7 Å². The van der Waals surface area contributed by atoms with Crippen LogP contribution in [0.5, 0.6) is 0 Å². The van der Waals surface area contributed by atoms with E-state index in [1.54, 1.807) is 0 Å². The van der Waals surface area contributed by atoms with Crippen LogP contribution in [-0.4, -0.2) is 35.3 Å². The molecule has 7 nitrogen and oxygen atoms in total. The Labute approximate surface area is 90.5 Å². The molecule has 1 aromatic heterocycles. The second-order valence-electron chi connectivity index (χ2n) is 2.81. The van der Waals surface area contributed by atoms with Crippen LogP contribution in [0.1, 0.15) is 16.1 Å². The van der Waals surface area contributed by atoms with Crippen molar-refractivity contribution in [3.05, 3.63) is 23.4 Å². The number of aromatic nitrogens is 1. The third kappa shape index (κ3) is 2.61. The summed E-state index contributed by atoms with van der Waals surface area (Å²) in [6.07, 6.45) is 0.275. The minimum absolute atomic E-state index is 0.0786. The lowest BCUT2D eigenvalue weighted by Gasteiger charge is -2.03. The average Bonchev–Trinajstić information content (AvgIpc) is 2.16. The van der Waals surface area contributed by atoms with E-state index in [-0.39, 0.29) is 12.0 Å². The Morgan fingerprint density at radius 1 is 1.44 bits per heavy atom. The summed E-state index contributed by atoms with van der Waals surface area (Å²) in [5.41, 5.74) is -0.489. The molecule has 0 amide bonds.